The molecule has 0 aliphatic heterocycles. The fourth-order valence-electron chi connectivity index (χ4n) is 2.74. The second-order valence-corrected chi connectivity index (χ2v) is 8.02. The number of aromatic nitrogens is 1. The van der Waals surface area contributed by atoms with Crippen LogP contribution in [0.2, 0.25) is 0 Å². The number of nitrogens with one attached hydrogen (secondary N) is 1. The normalized spacial score (nSPS) is 11.8. The lowest BCUT2D eigenvalue weighted by Gasteiger charge is -2.23. The molecule has 0 aliphatic rings. The number of benzene rings is 1. The third kappa shape index (κ3) is 4.08. The fourth-order valence-corrected chi connectivity index (χ4v) is 2.74. The van der Waals surface area contributed by atoms with E-state index in [-0.39, 0.29) is 11.1 Å². The summed E-state index contributed by atoms with van der Waals surface area (Å²) in [6.45, 7) is 11.4. The first-order valence-corrected chi connectivity index (χ1v) is 8.45. The van der Waals surface area contributed by atoms with Crippen LogP contribution in [0.15, 0.2) is 30.5 Å². The van der Waals surface area contributed by atoms with Crippen molar-refractivity contribution >= 4 is 11.6 Å². The van der Waals surface area contributed by atoms with E-state index < -0.39 is 17.1 Å². The van der Waals surface area contributed by atoms with Gasteiger partial charge in [0.1, 0.15) is 5.82 Å². The summed E-state index contributed by atoms with van der Waals surface area (Å²) in [5.74, 6) is -0.916. The molecule has 0 spiro atoms. The second kappa shape index (κ2) is 6.87. The van der Waals surface area contributed by atoms with Crippen molar-refractivity contribution in [3.05, 3.63) is 58.7 Å². The fraction of sp³-hybridized carbons (Fsp3) is 0.381. The van der Waals surface area contributed by atoms with Crippen LogP contribution in [0, 0.1) is 24.1 Å². The largest absolute Gasteiger partial charge is 0.319 e. The highest BCUT2D eigenvalue weighted by Gasteiger charge is 2.23. The average Bonchev–Trinajstić information content (AvgIpc) is 2.56. The minimum absolute atomic E-state index is 0.142. The Morgan fingerprint density at radius 1 is 1.19 bits per heavy atom. The second-order valence-electron chi connectivity index (χ2n) is 8.02. The molecule has 0 aliphatic carbocycles. The predicted molar refractivity (Wildman–Crippen MR) is 101 cm³/mol. The molecule has 0 unspecified atom stereocenters. The molecular formula is C21H24FN3O. The topological polar surface area (TPSA) is 65.8 Å². The van der Waals surface area contributed by atoms with Crippen LogP contribution < -0.4 is 5.32 Å². The molecule has 2 rings (SSSR count). The van der Waals surface area contributed by atoms with Gasteiger partial charge in [-0.3, -0.25) is 9.78 Å². The number of halogens is 1. The minimum atomic E-state index is -0.815. The Bertz CT molecular complexity index is 889. The van der Waals surface area contributed by atoms with Gasteiger partial charge in [-0.1, -0.05) is 20.8 Å². The summed E-state index contributed by atoms with van der Waals surface area (Å²) in [5.41, 5.74) is 1.79. The summed E-state index contributed by atoms with van der Waals surface area (Å²) in [6, 6.07) is 8.39. The SMILES string of the molecule is Cc1cc(F)c(NC(=O)c2ccnc(C(C)(C)C#N)c2)cc1C(C)(C)C. The Balaban J connectivity index is 2.37. The Morgan fingerprint density at radius 3 is 2.42 bits per heavy atom. The summed E-state index contributed by atoms with van der Waals surface area (Å²) in [6.07, 6.45) is 1.48. The van der Waals surface area contributed by atoms with Gasteiger partial charge < -0.3 is 5.32 Å². The van der Waals surface area contributed by atoms with Crippen molar-refractivity contribution in [1.82, 2.24) is 4.98 Å². The molecular weight excluding hydrogens is 329 g/mol. The number of hydrogen-bond donors (Lipinski definition) is 1. The van der Waals surface area contributed by atoms with Gasteiger partial charge in [0, 0.05) is 11.8 Å². The average molecular weight is 353 g/mol. The Kier molecular flexibility index (Phi) is 5.18. The quantitative estimate of drug-likeness (QED) is 0.855. The van der Waals surface area contributed by atoms with Crippen molar-refractivity contribution in [3.8, 4) is 6.07 Å². The number of rotatable bonds is 3. The number of aryl methyl sites for hydroxylation is 1. The smallest absolute Gasteiger partial charge is 0.255 e. The lowest BCUT2D eigenvalue weighted by atomic mass is 9.84. The number of carbonyl (C=O) groups is 1. The molecule has 136 valence electrons. The lowest BCUT2D eigenvalue weighted by Crippen LogP contribution is -2.20. The molecule has 0 saturated heterocycles. The van der Waals surface area contributed by atoms with Crippen LogP contribution in [0.4, 0.5) is 10.1 Å². The Labute approximate surface area is 154 Å². The highest BCUT2D eigenvalue weighted by molar-refractivity contribution is 6.04. The van der Waals surface area contributed by atoms with Crippen molar-refractivity contribution in [2.45, 2.75) is 52.4 Å². The molecule has 1 N–H and O–H groups in total. The van der Waals surface area contributed by atoms with Crippen LogP contribution in [0.3, 0.4) is 0 Å². The van der Waals surface area contributed by atoms with Gasteiger partial charge in [-0.25, -0.2) is 4.39 Å². The van der Waals surface area contributed by atoms with E-state index in [0.717, 1.165) is 11.1 Å². The zero-order chi connectivity index (χ0) is 19.7. The van der Waals surface area contributed by atoms with Gasteiger partial charge in [0.25, 0.3) is 5.91 Å². The van der Waals surface area contributed by atoms with Crippen LogP contribution in [-0.2, 0) is 10.8 Å². The van der Waals surface area contributed by atoms with Gasteiger partial charge in [0.15, 0.2) is 0 Å². The molecule has 0 fully saturated rings. The van der Waals surface area contributed by atoms with E-state index in [1.807, 2.05) is 27.7 Å². The van der Waals surface area contributed by atoms with Crippen molar-refractivity contribution in [2.24, 2.45) is 0 Å². The van der Waals surface area contributed by atoms with E-state index in [9.17, 15) is 14.4 Å². The van der Waals surface area contributed by atoms with E-state index in [1.165, 1.54) is 12.3 Å². The van der Waals surface area contributed by atoms with Gasteiger partial charge in [-0.15, -0.1) is 0 Å². The molecule has 1 amide bonds. The summed E-state index contributed by atoms with van der Waals surface area (Å²) in [7, 11) is 0. The van der Waals surface area contributed by atoms with Crippen molar-refractivity contribution < 1.29 is 9.18 Å². The first kappa shape index (κ1) is 19.6. The third-order valence-corrected chi connectivity index (χ3v) is 4.31. The maximum Gasteiger partial charge on any atom is 0.255 e. The van der Waals surface area contributed by atoms with E-state index in [2.05, 4.69) is 16.4 Å². The van der Waals surface area contributed by atoms with Crippen LogP contribution in [0.5, 0.6) is 0 Å². The van der Waals surface area contributed by atoms with E-state index in [4.69, 9.17) is 0 Å². The molecule has 0 radical (unpaired) electrons. The molecule has 1 heterocycles. The number of nitrogens with zero attached hydrogens (tertiary/aromatic N) is 2. The molecule has 1 aromatic carbocycles. The monoisotopic (exact) mass is 353 g/mol. The van der Waals surface area contributed by atoms with Crippen LogP contribution in [0.1, 0.15) is 61.8 Å². The highest BCUT2D eigenvalue weighted by Crippen LogP contribution is 2.30. The summed E-state index contributed by atoms with van der Waals surface area (Å²) >= 11 is 0. The van der Waals surface area contributed by atoms with Crippen molar-refractivity contribution in [1.29, 1.82) is 5.26 Å². The maximum absolute atomic E-state index is 14.3. The molecule has 5 heteroatoms. The van der Waals surface area contributed by atoms with Gasteiger partial charge in [-0.2, -0.15) is 5.26 Å². The number of nitriles is 1. The summed E-state index contributed by atoms with van der Waals surface area (Å²) in [5, 5.41) is 11.9. The zero-order valence-electron chi connectivity index (χ0n) is 16.1. The zero-order valence-corrected chi connectivity index (χ0v) is 16.1. The van der Waals surface area contributed by atoms with Crippen LogP contribution in [0.25, 0.3) is 0 Å². The van der Waals surface area contributed by atoms with Crippen LogP contribution >= 0.6 is 0 Å². The van der Waals surface area contributed by atoms with Gasteiger partial charge in [0.05, 0.1) is 22.9 Å². The number of hydrogen-bond acceptors (Lipinski definition) is 3. The molecule has 2 aromatic rings. The minimum Gasteiger partial charge on any atom is -0.319 e. The standard InChI is InChI=1S/C21H24FN3O/c1-13-9-16(22)17(11-15(13)20(2,3)4)25-19(26)14-7-8-24-18(10-14)21(5,6)12-23/h7-11H,1-6H3,(H,25,26). The summed E-state index contributed by atoms with van der Waals surface area (Å²) in [4.78, 5) is 16.8. The molecule has 0 saturated carbocycles. The van der Waals surface area contributed by atoms with Crippen molar-refractivity contribution in [2.75, 3.05) is 5.32 Å². The van der Waals surface area contributed by atoms with Crippen LogP contribution in [-0.4, -0.2) is 10.9 Å². The molecule has 4 nitrogen and oxygen atoms in total. The molecule has 26 heavy (non-hydrogen) atoms. The number of anilines is 1. The predicted octanol–water partition coefficient (Wildman–Crippen LogP) is 4.88. The molecule has 1 aromatic heterocycles. The van der Waals surface area contributed by atoms with Gasteiger partial charge in [-0.05, 0) is 61.6 Å². The maximum atomic E-state index is 14.3. The van der Waals surface area contributed by atoms with Gasteiger partial charge in [0.2, 0.25) is 0 Å². The first-order chi connectivity index (χ1) is 12.0. The number of carbonyl (C=O) groups excluding carboxylic acids is 1. The molecule has 0 atom stereocenters. The molecule has 0 bridgehead atoms. The van der Waals surface area contributed by atoms with E-state index >= 15 is 0 Å². The van der Waals surface area contributed by atoms with Gasteiger partial charge >= 0.3 is 0 Å². The Hall–Kier alpha value is -2.74. The highest BCUT2D eigenvalue weighted by atomic mass is 19.1. The number of pyridine rings is 1. The third-order valence-electron chi connectivity index (χ3n) is 4.31. The van der Waals surface area contributed by atoms with Crippen molar-refractivity contribution in [3.63, 3.8) is 0 Å². The number of amides is 1. The lowest BCUT2D eigenvalue weighted by molar-refractivity contribution is 0.102. The Morgan fingerprint density at radius 2 is 1.85 bits per heavy atom. The van der Waals surface area contributed by atoms with E-state index in [0.29, 0.717) is 11.3 Å². The van der Waals surface area contributed by atoms with E-state index in [1.54, 1.807) is 32.0 Å². The first-order valence-electron chi connectivity index (χ1n) is 8.45. The summed E-state index contributed by atoms with van der Waals surface area (Å²) < 4.78 is 14.3.